The van der Waals surface area contributed by atoms with Gasteiger partial charge in [-0.05, 0) is 122 Å². The summed E-state index contributed by atoms with van der Waals surface area (Å²) in [5, 5.41) is 31.6. The van der Waals surface area contributed by atoms with E-state index >= 15 is 0 Å². The number of carboxylic acids is 1. The molecule has 12 heteroatoms. The summed E-state index contributed by atoms with van der Waals surface area (Å²) in [5.74, 6) is -3.22. The SMILES string of the molecule is CC/C=C\C/C=C\C/C=C\C/C=C\C/C=C\CCCC(=O)OC(COC(=O)CCCCCCCC/C=C\C/C=C\C/C=C\CCCCC)COC1OC(C(=O)O)C(O)C(O)C1OC(=O)CCCCCCCCCCC/C=C\CCCCCCCC. The number of allylic oxidation sites excluding steroid dienone is 18. The topological polar surface area (TPSA) is 175 Å². The summed E-state index contributed by atoms with van der Waals surface area (Å²) in [5.41, 5.74) is 0. The number of rotatable bonds is 57. The lowest BCUT2D eigenvalue weighted by atomic mass is 9.98. The van der Waals surface area contributed by atoms with Crippen molar-refractivity contribution in [2.45, 2.75) is 314 Å². The largest absolute Gasteiger partial charge is 0.479 e. The molecule has 6 atom stereocenters. The van der Waals surface area contributed by atoms with Crippen LogP contribution < -0.4 is 0 Å². The van der Waals surface area contributed by atoms with Crippen LogP contribution in [-0.2, 0) is 42.9 Å². The summed E-state index contributed by atoms with van der Waals surface area (Å²) in [6.45, 7) is 5.82. The van der Waals surface area contributed by atoms with Gasteiger partial charge in [-0.1, -0.05) is 246 Å². The number of hydrogen-bond acceptors (Lipinski definition) is 11. The predicted molar refractivity (Wildman–Crippen MR) is 349 cm³/mol. The minimum Gasteiger partial charge on any atom is -0.479 e. The lowest BCUT2D eigenvalue weighted by Crippen LogP contribution is -2.61. The molecule has 0 aromatic heterocycles. The van der Waals surface area contributed by atoms with Crippen LogP contribution in [0.25, 0.3) is 0 Å². The maximum atomic E-state index is 13.2. The second-order valence-electron chi connectivity index (χ2n) is 22.7. The second kappa shape index (κ2) is 59.7. The molecule has 0 amide bonds. The Kier molecular flexibility index (Phi) is 55.1. The molecule has 0 radical (unpaired) electrons. The highest BCUT2D eigenvalue weighted by atomic mass is 16.7. The molecule has 1 aliphatic heterocycles. The molecule has 3 N–H and O–H groups in total. The van der Waals surface area contributed by atoms with E-state index in [4.69, 9.17) is 23.7 Å². The highest BCUT2D eigenvalue weighted by Crippen LogP contribution is 2.27. The van der Waals surface area contributed by atoms with Gasteiger partial charge in [0.25, 0.3) is 0 Å². The molecule has 0 aliphatic carbocycles. The molecule has 0 aromatic rings. The van der Waals surface area contributed by atoms with E-state index in [2.05, 4.69) is 118 Å². The van der Waals surface area contributed by atoms with Crippen LogP contribution in [0.15, 0.2) is 109 Å². The number of unbranched alkanes of at least 4 members (excludes halogenated alkanes) is 25. The summed E-state index contributed by atoms with van der Waals surface area (Å²) < 4.78 is 28.5. The lowest BCUT2D eigenvalue weighted by molar-refractivity contribution is -0.301. The van der Waals surface area contributed by atoms with Gasteiger partial charge in [-0.15, -0.1) is 0 Å². The molecule has 1 rings (SSSR count). The lowest BCUT2D eigenvalue weighted by Gasteiger charge is -2.40. The summed E-state index contributed by atoms with van der Waals surface area (Å²) in [6, 6.07) is 0. The number of carbonyl (C=O) groups excluding carboxylic acids is 3. The summed E-state index contributed by atoms with van der Waals surface area (Å²) >= 11 is 0. The van der Waals surface area contributed by atoms with E-state index in [1.165, 1.54) is 96.3 Å². The molecule has 1 heterocycles. The molecule has 6 unspecified atom stereocenters. The highest BCUT2D eigenvalue weighted by molar-refractivity contribution is 5.74. The monoisotopic (exact) mass is 1190 g/mol. The number of ether oxygens (including phenoxy) is 5. The van der Waals surface area contributed by atoms with Gasteiger partial charge in [0.1, 0.15) is 18.8 Å². The Morgan fingerprint density at radius 1 is 0.400 bits per heavy atom. The smallest absolute Gasteiger partial charge is 0.335 e. The molecule has 484 valence electrons. The first-order chi connectivity index (χ1) is 41.6. The van der Waals surface area contributed by atoms with Crippen molar-refractivity contribution >= 4 is 23.9 Å². The van der Waals surface area contributed by atoms with Gasteiger partial charge in [0.15, 0.2) is 24.6 Å². The molecule has 1 fully saturated rings. The number of esters is 3. The highest BCUT2D eigenvalue weighted by Gasteiger charge is 2.50. The normalized spacial score (nSPS) is 18.2. The van der Waals surface area contributed by atoms with E-state index in [9.17, 15) is 34.5 Å². The standard InChI is InChI=1S/C73H120O12/c1-4-7-10-13-16-19-22-25-28-31-33-36-38-41-44-47-50-53-56-59-65(74)81-62-64(83-66(75)60-57-54-51-48-45-42-39-35-30-27-24-21-18-15-12-9-6-3)63-82-73-71(69(78)68(77)70(85-73)72(79)80)84-67(76)61-58-55-52-49-46-43-40-37-34-32-29-26-23-20-17-14-11-8-5-2/h9,12,16,18-19,21,25-30,33,36,39,42,48,51,64,68-71,73,77-78H,4-8,10-11,13-15,17,20,22-24,31-32,34-35,37-38,40-41,43-47,49-50,52-63H2,1-3H3,(H,79,80)/b12-9-,19-16-,21-18-,28-25-,29-26-,30-27-,36-33-,42-39-,51-48-. The molecule has 0 spiro atoms. The summed E-state index contributed by atoms with van der Waals surface area (Å²) in [4.78, 5) is 51.4. The van der Waals surface area contributed by atoms with Crippen molar-refractivity contribution in [1.29, 1.82) is 0 Å². The average molecular weight is 1190 g/mol. The Balaban J connectivity index is 2.69. The molecule has 85 heavy (non-hydrogen) atoms. The van der Waals surface area contributed by atoms with E-state index in [1.807, 2.05) is 12.2 Å². The van der Waals surface area contributed by atoms with E-state index in [-0.39, 0.29) is 25.9 Å². The van der Waals surface area contributed by atoms with Crippen molar-refractivity contribution in [1.82, 2.24) is 0 Å². The van der Waals surface area contributed by atoms with E-state index in [0.29, 0.717) is 25.7 Å². The molecule has 0 saturated carbocycles. The zero-order chi connectivity index (χ0) is 61.7. The number of aliphatic carboxylic acids is 1. The van der Waals surface area contributed by atoms with Crippen LogP contribution >= 0.6 is 0 Å². The Morgan fingerprint density at radius 2 is 0.753 bits per heavy atom. The fourth-order valence-electron chi connectivity index (χ4n) is 9.64. The first-order valence-corrected chi connectivity index (χ1v) is 33.9. The number of aliphatic hydroxyl groups is 2. The van der Waals surface area contributed by atoms with Gasteiger partial charge in [-0.3, -0.25) is 14.4 Å². The van der Waals surface area contributed by atoms with Crippen LogP contribution in [0.2, 0.25) is 0 Å². The Hall–Kier alpha value is -4.62. The Labute approximate surface area is 516 Å². The van der Waals surface area contributed by atoms with Gasteiger partial charge in [0, 0.05) is 19.3 Å². The molecular formula is C73H120O12. The maximum absolute atomic E-state index is 13.2. The number of aliphatic hydroxyl groups excluding tert-OH is 2. The average Bonchev–Trinajstić information content (AvgIpc) is 3.53. The fourth-order valence-corrected chi connectivity index (χ4v) is 9.64. The van der Waals surface area contributed by atoms with Crippen LogP contribution in [0.5, 0.6) is 0 Å². The van der Waals surface area contributed by atoms with Crippen LogP contribution in [0, 0.1) is 0 Å². The Morgan fingerprint density at radius 3 is 1.20 bits per heavy atom. The molecule has 0 aromatic carbocycles. The third-order valence-corrected chi connectivity index (χ3v) is 14.8. The summed E-state index contributed by atoms with van der Waals surface area (Å²) in [7, 11) is 0. The van der Waals surface area contributed by atoms with E-state index < -0.39 is 67.3 Å². The van der Waals surface area contributed by atoms with Crippen LogP contribution in [-0.4, -0.2) is 89.2 Å². The molecule has 12 nitrogen and oxygen atoms in total. The van der Waals surface area contributed by atoms with Gasteiger partial charge >= 0.3 is 23.9 Å². The van der Waals surface area contributed by atoms with Gasteiger partial charge in [-0.25, -0.2) is 4.79 Å². The van der Waals surface area contributed by atoms with Gasteiger partial charge in [-0.2, -0.15) is 0 Å². The van der Waals surface area contributed by atoms with Gasteiger partial charge in [0.2, 0.25) is 0 Å². The Bertz CT molecular complexity index is 1890. The van der Waals surface area contributed by atoms with Crippen molar-refractivity contribution in [3.63, 3.8) is 0 Å². The number of hydrogen-bond donors (Lipinski definition) is 3. The quantitative estimate of drug-likeness (QED) is 0.0228. The third-order valence-electron chi connectivity index (χ3n) is 14.8. The van der Waals surface area contributed by atoms with Crippen molar-refractivity contribution in [2.75, 3.05) is 13.2 Å². The van der Waals surface area contributed by atoms with Crippen molar-refractivity contribution < 1.29 is 58.2 Å². The fraction of sp³-hybridized carbons (Fsp3) is 0.699. The predicted octanol–water partition coefficient (Wildman–Crippen LogP) is 18.6. The van der Waals surface area contributed by atoms with E-state index in [0.717, 1.165) is 116 Å². The first-order valence-electron chi connectivity index (χ1n) is 33.9. The maximum Gasteiger partial charge on any atom is 0.335 e. The number of carbonyl (C=O) groups is 4. The van der Waals surface area contributed by atoms with Crippen molar-refractivity contribution in [3.8, 4) is 0 Å². The van der Waals surface area contributed by atoms with Crippen molar-refractivity contribution in [2.24, 2.45) is 0 Å². The molecule has 1 aliphatic rings. The third kappa shape index (κ3) is 49.1. The van der Waals surface area contributed by atoms with Crippen LogP contribution in [0.3, 0.4) is 0 Å². The van der Waals surface area contributed by atoms with Crippen LogP contribution in [0.4, 0.5) is 0 Å². The minimum absolute atomic E-state index is 0.0461. The first kappa shape index (κ1) is 78.4. The zero-order valence-corrected chi connectivity index (χ0v) is 53.6. The molecule has 0 bridgehead atoms. The van der Waals surface area contributed by atoms with Gasteiger partial charge < -0.3 is 39.0 Å². The van der Waals surface area contributed by atoms with Crippen molar-refractivity contribution in [3.05, 3.63) is 109 Å². The van der Waals surface area contributed by atoms with E-state index in [1.54, 1.807) is 0 Å². The summed E-state index contributed by atoms with van der Waals surface area (Å²) in [6.07, 6.45) is 69.0. The van der Waals surface area contributed by atoms with Gasteiger partial charge in [0.05, 0.1) is 6.61 Å². The molecule has 1 saturated heterocycles. The second-order valence-corrected chi connectivity index (χ2v) is 22.7. The van der Waals surface area contributed by atoms with Crippen LogP contribution in [0.1, 0.15) is 278 Å². The molecular weight excluding hydrogens is 1070 g/mol. The minimum atomic E-state index is -1.92. The number of carboxylic acid groups (broad SMARTS) is 1. The zero-order valence-electron chi connectivity index (χ0n) is 53.6.